The van der Waals surface area contributed by atoms with Crippen LogP contribution in [-0.4, -0.2) is 23.3 Å². The van der Waals surface area contributed by atoms with Gasteiger partial charge in [0, 0.05) is 15.7 Å². The highest BCUT2D eigenvalue weighted by molar-refractivity contribution is 9.10. The zero-order chi connectivity index (χ0) is 16.8. The highest BCUT2D eigenvalue weighted by Crippen LogP contribution is 2.28. The van der Waals surface area contributed by atoms with E-state index in [0.29, 0.717) is 6.61 Å². The molecule has 24 heavy (non-hydrogen) atoms. The average Bonchev–Trinajstić information content (AvgIpc) is 2.62. The fourth-order valence-electron chi connectivity index (χ4n) is 2.27. The fraction of sp³-hybridized carbons (Fsp3) is 0.105. The lowest BCUT2D eigenvalue weighted by atomic mass is 10.1. The summed E-state index contributed by atoms with van der Waals surface area (Å²) in [6, 6.07) is 21.4. The molecule has 2 N–H and O–H groups in total. The van der Waals surface area contributed by atoms with E-state index in [4.69, 9.17) is 9.84 Å². The van der Waals surface area contributed by atoms with Gasteiger partial charge in [0.25, 0.3) is 0 Å². The minimum atomic E-state index is 0.00571. The molecule has 1 heterocycles. The number of nitrogens with one attached hydrogen (secondary N) is 1. The van der Waals surface area contributed by atoms with E-state index < -0.39 is 0 Å². The fourth-order valence-corrected chi connectivity index (χ4v) is 2.76. The second kappa shape index (κ2) is 7.95. The van der Waals surface area contributed by atoms with Gasteiger partial charge in [-0.1, -0.05) is 40.2 Å². The van der Waals surface area contributed by atoms with Crippen LogP contribution < -0.4 is 10.1 Å². The average molecular weight is 385 g/mol. The number of hydrogen-bond acceptors (Lipinski definition) is 4. The Balaban J connectivity index is 1.76. The second-order valence-corrected chi connectivity index (χ2v) is 5.96. The van der Waals surface area contributed by atoms with E-state index in [9.17, 15) is 0 Å². The van der Waals surface area contributed by atoms with Gasteiger partial charge in [0.2, 0.25) is 0 Å². The molecule has 0 spiro atoms. The Bertz CT molecular complexity index is 806. The highest BCUT2D eigenvalue weighted by Gasteiger charge is 2.05. The molecule has 4 nitrogen and oxygen atoms in total. The summed E-state index contributed by atoms with van der Waals surface area (Å²) in [4.78, 5) is 4.67. The first-order chi connectivity index (χ1) is 11.8. The molecule has 1 aromatic heterocycles. The second-order valence-electron chi connectivity index (χ2n) is 5.11. The van der Waals surface area contributed by atoms with E-state index >= 15 is 0 Å². The third-order valence-electron chi connectivity index (χ3n) is 3.39. The number of aliphatic hydroxyl groups is 1. The maximum Gasteiger partial charge on any atom is 0.131 e. The van der Waals surface area contributed by atoms with Crippen molar-refractivity contribution < 1.29 is 9.84 Å². The number of ether oxygens (including phenoxy) is 1. The molecule has 3 aromatic rings. The Morgan fingerprint density at radius 3 is 2.50 bits per heavy atom. The van der Waals surface area contributed by atoms with Crippen molar-refractivity contribution in [3.05, 3.63) is 71.2 Å². The monoisotopic (exact) mass is 384 g/mol. The largest absolute Gasteiger partial charge is 0.491 e. The normalized spacial score (nSPS) is 10.4. The molecule has 0 unspecified atom stereocenters. The van der Waals surface area contributed by atoms with Crippen molar-refractivity contribution in [2.75, 3.05) is 18.5 Å². The van der Waals surface area contributed by atoms with Crippen LogP contribution in [0.15, 0.2) is 71.2 Å². The quantitative estimate of drug-likeness (QED) is 0.650. The van der Waals surface area contributed by atoms with Crippen LogP contribution in [0.1, 0.15) is 0 Å². The molecule has 122 valence electrons. The number of rotatable bonds is 6. The Morgan fingerprint density at radius 1 is 0.958 bits per heavy atom. The Kier molecular flexibility index (Phi) is 5.46. The van der Waals surface area contributed by atoms with Gasteiger partial charge in [0.15, 0.2) is 0 Å². The number of halogens is 1. The SMILES string of the molecule is OCCOc1ccc(Nc2cccc(-c3ccccc3Br)n2)cc1. The van der Waals surface area contributed by atoms with Crippen LogP contribution in [0, 0.1) is 0 Å². The van der Waals surface area contributed by atoms with E-state index in [-0.39, 0.29) is 6.61 Å². The first kappa shape index (κ1) is 16.5. The van der Waals surface area contributed by atoms with E-state index in [0.717, 1.165) is 33.0 Å². The van der Waals surface area contributed by atoms with E-state index in [2.05, 4.69) is 26.2 Å². The summed E-state index contributed by atoms with van der Waals surface area (Å²) in [5.74, 6) is 1.50. The number of anilines is 2. The molecule has 0 bridgehead atoms. The molecular weight excluding hydrogens is 368 g/mol. The van der Waals surface area contributed by atoms with Crippen molar-refractivity contribution in [2.24, 2.45) is 0 Å². The van der Waals surface area contributed by atoms with Crippen LogP contribution in [0.4, 0.5) is 11.5 Å². The maximum absolute atomic E-state index is 8.77. The Labute approximate surface area is 149 Å². The molecule has 0 aliphatic heterocycles. The van der Waals surface area contributed by atoms with Crippen LogP contribution in [0.3, 0.4) is 0 Å². The van der Waals surface area contributed by atoms with Crippen LogP contribution in [0.2, 0.25) is 0 Å². The van der Waals surface area contributed by atoms with Gasteiger partial charge in [-0.05, 0) is 42.5 Å². The summed E-state index contributed by atoms with van der Waals surface area (Å²) >= 11 is 3.56. The van der Waals surface area contributed by atoms with Gasteiger partial charge in [-0.15, -0.1) is 0 Å². The molecule has 0 fully saturated rings. The predicted molar refractivity (Wildman–Crippen MR) is 99.7 cm³/mol. The van der Waals surface area contributed by atoms with Crippen LogP contribution in [0.25, 0.3) is 11.3 Å². The third kappa shape index (κ3) is 4.13. The maximum atomic E-state index is 8.77. The number of hydrogen-bond donors (Lipinski definition) is 2. The molecule has 0 atom stereocenters. The molecule has 5 heteroatoms. The topological polar surface area (TPSA) is 54.4 Å². The third-order valence-corrected chi connectivity index (χ3v) is 4.08. The van der Waals surface area contributed by atoms with E-state index in [1.807, 2.05) is 66.7 Å². The van der Waals surface area contributed by atoms with E-state index in [1.54, 1.807) is 0 Å². The summed E-state index contributed by atoms with van der Waals surface area (Å²) in [5, 5.41) is 12.1. The van der Waals surface area contributed by atoms with Crippen LogP contribution in [0.5, 0.6) is 5.75 Å². The molecule has 0 aliphatic rings. The first-order valence-electron chi connectivity index (χ1n) is 7.59. The van der Waals surface area contributed by atoms with Crippen LogP contribution in [-0.2, 0) is 0 Å². The van der Waals surface area contributed by atoms with Gasteiger partial charge in [-0.2, -0.15) is 0 Å². The molecule has 2 aromatic carbocycles. The minimum Gasteiger partial charge on any atom is -0.491 e. The highest BCUT2D eigenvalue weighted by atomic mass is 79.9. The van der Waals surface area contributed by atoms with Gasteiger partial charge in [-0.25, -0.2) is 4.98 Å². The number of aliphatic hydroxyl groups excluding tert-OH is 1. The van der Waals surface area contributed by atoms with Gasteiger partial charge >= 0.3 is 0 Å². The van der Waals surface area contributed by atoms with Gasteiger partial charge < -0.3 is 15.2 Å². The lowest BCUT2D eigenvalue weighted by molar-refractivity contribution is 0.201. The van der Waals surface area contributed by atoms with Crippen molar-refractivity contribution in [2.45, 2.75) is 0 Å². The Hall–Kier alpha value is -2.37. The summed E-state index contributed by atoms with van der Waals surface area (Å²) in [6.45, 7) is 0.300. The van der Waals surface area contributed by atoms with Gasteiger partial charge in [0.05, 0.1) is 12.3 Å². The lowest BCUT2D eigenvalue weighted by Gasteiger charge is -2.10. The lowest BCUT2D eigenvalue weighted by Crippen LogP contribution is -2.01. The minimum absolute atomic E-state index is 0.00571. The molecule has 0 radical (unpaired) electrons. The number of benzene rings is 2. The molecule has 0 amide bonds. The molecule has 0 saturated heterocycles. The number of pyridine rings is 1. The standard InChI is InChI=1S/C19H17BrN2O2/c20-17-5-2-1-4-16(17)18-6-3-7-19(22-18)21-14-8-10-15(11-9-14)24-13-12-23/h1-11,23H,12-13H2,(H,21,22). The predicted octanol–water partition coefficient (Wildman–Crippen LogP) is 4.63. The number of aromatic nitrogens is 1. The van der Waals surface area contributed by atoms with Crippen LogP contribution >= 0.6 is 15.9 Å². The smallest absolute Gasteiger partial charge is 0.131 e. The Morgan fingerprint density at radius 2 is 1.75 bits per heavy atom. The van der Waals surface area contributed by atoms with Crippen molar-refractivity contribution in [1.82, 2.24) is 4.98 Å². The molecule has 3 rings (SSSR count). The van der Waals surface area contributed by atoms with Crippen molar-refractivity contribution in [3.8, 4) is 17.0 Å². The zero-order valence-electron chi connectivity index (χ0n) is 12.9. The first-order valence-corrected chi connectivity index (χ1v) is 8.38. The summed E-state index contributed by atoms with van der Waals surface area (Å²) < 4.78 is 6.37. The van der Waals surface area contributed by atoms with Crippen molar-refractivity contribution in [3.63, 3.8) is 0 Å². The van der Waals surface area contributed by atoms with Gasteiger partial charge in [-0.3, -0.25) is 0 Å². The number of nitrogens with zero attached hydrogens (tertiary/aromatic N) is 1. The van der Waals surface area contributed by atoms with Crippen molar-refractivity contribution in [1.29, 1.82) is 0 Å². The molecule has 0 saturated carbocycles. The molecular formula is C19H17BrN2O2. The summed E-state index contributed by atoms with van der Waals surface area (Å²) in [7, 11) is 0. The zero-order valence-corrected chi connectivity index (χ0v) is 14.5. The summed E-state index contributed by atoms with van der Waals surface area (Å²) in [6.07, 6.45) is 0. The summed E-state index contributed by atoms with van der Waals surface area (Å²) in [5.41, 5.74) is 2.87. The van der Waals surface area contributed by atoms with E-state index in [1.165, 1.54) is 0 Å². The van der Waals surface area contributed by atoms with Crippen molar-refractivity contribution >= 4 is 27.4 Å². The molecule has 0 aliphatic carbocycles. The van der Waals surface area contributed by atoms with Gasteiger partial charge in [0.1, 0.15) is 18.2 Å².